The van der Waals surface area contributed by atoms with Crippen LogP contribution in [-0.2, 0) is 0 Å². The van der Waals surface area contributed by atoms with Gasteiger partial charge in [-0.1, -0.05) is 55.0 Å². The normalized spacial score (nSPS) is 11.9. The number of halogens is 1. The molecule has 0 aliphatic rings. The van der Waals surface area contributed by atoms with Gasteiger partial charge in [-0.15, -0.1) is 24.0 Å². The second-order valence-electron chi connectivity index (χ2n) is 6.31. The van der Waals surface area contributed by atoms with Crippen molar-refractivity contribution in [2.75, 3.05) is 26.7 Å². The van der Waals surface area contributed by atoms with Crippen molar-refractivity contribution in [3.63, 3.8) is 0 Å². The monoisotopic (exact) mass is 480 g/mol. The molecule has 27 heavy (non-hydrogen) atoms. The van der Waals surface area contributed by atoms with Crippen LogP contribution in [-0.4, -0.2) is 38.5 Å². The number of guanidine groups is 1. The third-order valence-electron chi connectivity index (χ3n) is 4.18. The van der Waals surface area contributed by atoms with E-state index in [2.05, 4.69) is 59.1 Å². The number of amides is 1. The minimum Gasteiger partial charge on any atom is -0.356 e. The Morgan fingerprint density at radius 2 is 1.59 bits per heavy atom. The summed E-state index contributed by atoms with van der Waals surface area (Å²) in [6.07, 6.45) is 0. The van der Waals surface area contributed by atoms with Crippen LogP contribution >= 0.6 is 24.0 Å². The van der Waals surface area contributed by atoms with Gasteiger partial charge in [0.25, 0.3) is 5.91 Å². The molecule has 2 aromatic rings. The van der Waals surface area contributed by atoms with E-state index in [0.717, 1.165) is 12.5 Å². The number of aliphatic imine (C=N–C) groups is 1. The van der Waals surface area contributed by atoms with Crippen LogP contribution < -0.4 is 16.0 Å². The zero-order chi connectivity index (χ0) is 18.8. The van der Waals surface area contributed by atoms with E-state index in [1.165, 1.54) is 11.1 Å². The van der Waals surface area contributed by atoms with Gasteiger partial charge in [0.2, 0.25) is 0 Å². The number of hydrogen-bond donors (Lipinski definition) is 3. The lowest BCUT2D eigenvalue weighted by Crippen LogP contribution is -2.42. The molecule has 0 aromatic heterocycles. The summed E-state index contributed by atoms with van der Waals surface area (Å²) >= 11 is 0. The smallest absolute Gasteiger partial charge is 0.251 e. The van der Waals surface area contributed by atoms with Crippen molar-refractivity contribution in [2.24, 2.45) is 4.99 Å². The number of nitrogens with zero attached hydrogens (tertiary/aromatic N) is 1. The van der Waals surface area contributed by atoms with E-state index >= 15 is 0 Å². The number of hydrogen-bond acceptors (Lipinski definition) is 2. The molecule has 1 unspecified atom stereocenters. The topological polar surface area (TPSA) is 65.5 Å². The van der Waals surface area contributed by atoms with Gasteiger partial charge in [0.15, 0.2) is 5.96 Å². The van der Waals surface area contributed by atoms with E-state index in [-0.39, 0.29) is 29.9 Å². The third kappa shape index (κ3) is 7.99. The van der Waals surface area contributed by atoms with E-state index < -0.39 is 0 Å². The van der Waals surface area contributed by atoms with Crippen LogP contribution in [0.5, 0.6) is 0 Å². The first kappa shape index (κ1) is 23.0. The fourth-order valence-corrected chi connectivity index (χ4v) is 2.53. The molecule has 2 aromatic carbocycles. The minimum atomic E-state index is -0.0664. The summed E-state index contributed by atoms with van der Waals surface area (Å²) in [6.45, 7) is 6.21. The molecule has 2 rings (SSSR count). The largest absolute Gasteiger partial charge is 0.356 e. The van der Waals surface area contributed by atoms with Gasteiger partial charge in [-0.3, -0.25) is 9.79 Å². The molecule has 3 N–H and O–H groups in total. The summed E-state index contributed by atoms with van der Waals surface area (Å²) in [5.41, 5.74) is 3.24. The lowest BCUT2D eigenvalue weighted by Gasteiger charge is -2.16. The molecule has 0 saturated heterocycles. The van der Waals surface area contributed by atoms with Crippen LogP contribution in [0.15, 0.2) is 59.6 Å². The maximum atomic E-state index is 12.0. The summed E-state index contributed by atoms with van der Waals surface area (Å²) in [5, 5.41) is 9.43. The molecule has 1 amide bonds. The fraction of sp³-hybridized carbons (Fsp3) is 0.333. The van der Waals surface area contributed by atoms with Crippen LogP contribution in [0.1, 0.15) is 34.3 Å². The lowest BCUT2D eigenvalue weighted by atomic mass is 10.0. The molecule has 0 aliphatic heterocycles. The van der Waals surface area contributed by atoms with Crippen LogP contribution in [0.3, 0.4) is 0 Å². The van der Waals surface area contributed by atoms with Crippen molar-refractivity contribution < 1.29 is 4.79 Å². The summed E-state index contributed by atoms with van der Waals surface area (Å²) in [7, 11) is 1.74. The quantitative estimate of drug-likeness (QED) is 0.247. The Labute approximate surface area is 179 Å². The molecule has 0 spiro atoms. The lowest BCUT2D eigenvalue weighted by molar-refractivity contribution is 0.0954. The van der Waals surface area contributed by atoms with Crippen LogP contribution in [0.4, 0.5) is 0 Å². The highest BCUT2D eigenvalue weighted by atomic mass is 127. The maximum Gasteiger partial charge on any atom is 0.251 e. The Kier molecular flexibility index (Phi) is 10.5. The number of carbonyl (C=O) groups is 1. The molecule has 0 aliphatic carbocycles. The van der Waals surface area contributed by atoms with Crippen molar-refractivity contribution >= 4 is 35.8 Å². The molecule has 146 valence electrons. The SMILES string of the molecule is CN=C(NCCNC(=O)c1ccccc1)NCC(C)c1ccc(C)cc1.I. The fourth-order valence-electron chi connectivity index (χ4n) is 2.53. The van der Waals surface area contributed by atoms with Crippen molar-refractivity contribution in [1.29, 1.82) is 0 Å². The molecule has 6 heteroatoms. The Balaban J connectivity index is 0.00000364. The average Bonchev–Trinajstić information content (AvgIpc) is 2.68. The molecule has 0 fully saturated rings. The molecular weight excluding hydrogens is 451 g/mol. The van der Waals surface area contributed by atoms with E-state index in [1.54, 1.807) is 19.2 Å². The van der Waals surface area contributed by atoms with Gasteiger partial charge >= 0.3 is 0 Å². The molecule has 0 bridgehead atoms. The van der Waals surface area contributed by atoms with Gasteiger partial charge in [-0.2, -0.15) is 0 Å². The number of benzene rings is 2. The zero-order valence-electron chi connectivity index (χ0n) is 16.2. The van der Waals surface area contributed by atoms with Gasteiger partial charge in [0.1, 0.15) is 0 Å². The predicted octanol–water partition coefficient (Wildman–Crippen LogP) is 3.31. The second-order valence-corrected chi connectivity index (χ2v) is 6.31. The second kappa shape index (κ2) is 12.3. The molecule has 5 nitrogen and oxygen atoms in total. The van der Waals surface area contributed by atoms with Crippen LogP contribution in [0.2, 0.25) is 0 Å². The van der Waals surface area contributed by atoms with Crippen molar-refractivity contribution in [2.45, 2.75) is 19.8 Å². The van der Waals surface area contributed by atoms with Gasteiger partial charge in [0, 0.05) is 32.2 Å². The Bertz CT molecular complexity index is 717. The van der Waals surface area contributed by atoms with Crippen LogP contribution in [0.25, 0.3) is 0 Å². The van der Waals surface area contributed by atoms with Crippen LogP contribution in [0, 0.1) is 6.92 Å². The molecule has 0 heterocycles. The van der Waals surface area contributed by atoms with Crippen molar-refractivity contribution in [3.8, 4) is 0 Å². The minimum absolute atomic E-state index is 0. The Morgan fingerprint density at radius 1 is 0.963 bits per heavy atom. The highest BCUT2D eigenvalue weighted by Gasteiger charge is 2.07. The van der Waals surface area contributed by atoms with Gasteiger partial charge < -0.3 is 16.0 Å². The van der Waals surface area contributed by atoms with E-state index in [0.29, 0.717) is 24.6 Å². The summed E-state index contributed by atoms with van der Waals surface area (Å²) in [6, 6.07) is 17.8. The zero-order valence-corrected chi connectivity index (χ0v) is 18.5. The maximum absolute atomic E-state index is 12.0. The predicted molar refractivity (Wildman–Crippen MR) is 123 cm³/mol. The van der Waals surface area contributed by atoms with Gasteiger partial charge in [0.05, 0.1) is 0 Å². The molecular formula is C21H29IN4O. The van der Waals surface area contributed by atoms with Crippen molar-refractivity contribution in [3.05, 3.63) is 71.3 Å². The third-order valence-corrected chi connectivity index (χ3v) is 4.18. The number of aryl methyl sites for hydroxylation is 1. The Hall–Kier alpha value is -2.09. The van der Waals surface area contributed by atoms with Gasteiger partial charge in [-0.05, 0) is 30.5 Å². The summed E-state index contributed by atoms with van der Waals surface area (Å²) < 4.78 is 0. The molecule has 0 saturated carbocycles. The number of rotatable bonds is 7. The van der Waals surface area contributed by atoms with Gasteiger partial charge in [-0.25, -0.2) is 0 Å². The highest BCUT2D eigenvalue weighted by molar-refractivity contribution is 14.0. The molecule has 1 atom stereocenters. The Morgan fingerprint density at radius 3 is 2.22 bits per heavy atom. The highest BCUT2D eigenvalue weighted by Crippen LogP contribution is 2.14. The first-order valence-corrected chi connectivity index (χ1v) is 8.94. The summed E-state index contributed by atoms with van der Waals surface area (Å²) in [4.78, 5) is 16.2. The summed E-state index contributed by atoms with van der Waals surface area (Å²) in [5.74, 6) is 1.05. The van der Waals surface area contributed by atoms with E-state index in [4.69, 9.17) is 0 Å². The van der Waals surface area contributed by atoms with E-state index in [1.807, 2.05) is 18.2 Å². The standard InChI is InChI=1S/C21H28N4O.HI/c1-16-9-11-18(12-10-16)17(2)15-25-21(22-3)24-14-13-23-20(26)19-7-5-4-6-8-19;/h4-12,17H,13-15H2,1-3H3,(H,23,26)(H2,22,24,25);1H. The first-order chi connectivity index (χ1) is 12.6. The van der Waals surface area contributed by atoms with E-state index in [9.17, 15) is 4.79 Å². The molecule has 0 radical (unpaired) electrons. The number of carbonyl (C=O) groups excluding carboxylic acids is 1. The average molecular weight is 480 g/mol. The first-order valence-electron chi connectivity index (χ1n) is 8.94. The van der Waals surface area contributed by atoms with Crippen molar-refractivity contribution in [1.82, 2.24) is 16.0 Å². The number of nitrogens with one attached hydrogen (secondary N) is 3.